The number of nitro groups is 1. The molecule has 0 bridgehead atoms. The zero-order valence-corrected chi connectivity index (χ0v) is 32.9. The number of hydrogen-bond acceptors (Lipinski definition) is 11. The molecule has 3 heterocycles. The third-order valence-corrected chi connectivity index (χ3v) is 11.8. The number of nitro benzene ring substituents is 1. The number of unbranched alkanes of at least 4 members (excludes halogenated alkanes) is 5. The van der Waals surface area contributed by atoms with Crippen molar-refractivity contribution in [2.45, 2.75) is 97.0 Å². The van der Waals surface area contributed by atoms with Gasteiger partial charge in [-0.05, 0) is 60.7 Å². The lowest BCUT2D eigenvalue weighted by molar-refractivity contribution is -0.384. The van der Waals surface area contributed by atoms with Crippen molar-refractivity contribution in [3.05, 3.63) is 97.1 Å². The fourth-order valence-electron chi connectivity index (χ4n) is 6.21. The lowest BCUT2D eigenvalue weighted by atomic mass is 9.90. The van der Waals surface area contributed by atoms with Crippen LogP contribution in [0.1, 0.15) is 83.8 Å². The largest absolute Gasteiger partial charge is 0.456 e. The number of β-lactam (4-membered cyclic amide) rings is 1. The first-order valence-electron chi connectivity index (χ1n) is 18.0. The van der Waals surface area contributed by atoms with E-state index in [1.54, 1.807) is 6.92 Å². The maximum Gasteiger partial charge on any atom is 0.356 e. The summed E-state index contributed by atoms with van der Waals surface area (Å²) in [5.41, 5.74) is 2.68. The molecule has 3 atom stereocenters. The molecule has 3 unspecified atom stereocenters. The normalized spacial score (nSPS) is 17.5. The molecule has 0 aliphatic carbocycles. The summed E-state index contributed by atoms with van der Waals surface area (Å²) >= 11 is 1.07. The standard InChI is InChI=1S/C21H21N3O7S.C18H28O3S/c1-11(9-25)18-16-8-17(32-13(3)22-12(2)26)19(23(16)20(18)27)21(28)31-10-14-4-6-15(7-5-14)24(29)30;1-3-4-5-6-7-8-11-22(19)15(2)12-16-9-10-17-18(13-16)21-14-20-17/h4-7,16,25H,3,8-10H2,1-2H3,(H,22,26);9-10,13,15H,3-8,11-12,14H2,1-2H3/b18-11+;. The molecular weight excluding hydrogens is 735 g/mol. The number of benzene rings is 2. The Morgan fingerprint density at radius 2 is 1.76 bits per heavy atom. The van der Waals surface area contributed by atoms with Gasteiger partial charge in [-0.2, -0.15) is 0 Å². The third-order valence-electron chi connectivity index (χ3n) is 9.06. The number of thioether (sulfide) groups is 1. The van der Waals surface area contributed by atoms with Crippen molar-refractivity contribution < 1.29 is 42.8 Å². The minimum atomic E-state index is -0.743. The highest BCUT2D eigenvalue weighted by atomic mass is 32.2. The van der Waals surface area contributed by atoms with Gasteiger partial charge in [0.1, 0.15) is 12.3 Å². The van der Waals surface area contributed by atoms with Gasteiger partial charge < -0.3 is 24.6 Å². The van der Waals surface area contributed by atoms with Crippen LogP contribution in [0.25, 0.3) is 0 Å². The van der Waals surface area contributed by atoms with E-state index in [0.29, 0.717) is 39.9 Å². The van der Waals surface area contributed by atoms with E-state index in [-0.39, 0.29) is 41.7 Å². The van der Waals surface area contributed by atoms with Crippen LogP contribution in [0.5, 0.6) is 11.5 Å². The Labute approximate surface area is 322 Å². The molecule has 292 valence electrons. The SMILES string of the molecule is C=C(NC(C)=O)SC1=C(C(=O)OCc2ccc([N+](=O)[O-])cc2)N2C(=O)/C(=C(\C)CO)C2C1.CCCCCCCCS(=O)C(C)Cc1ccc2c(c1)OCO2. The number of fused-ring (bicyclic) bond motifs is 2. The van der Waals surface area contributed by atoms with Crippen LogP contribution in [0.15, 0.2) is 75.8 Å². The number of ether oxygens (including phenoxy) is 3. The molecule has 0 aromatic heterocycles. The first-order valence-corrected chi connectivity index (χ1v) is 20.2. The zero-order chi connectivity index (χ0) is 39.4. The van der Waals surface area contributed by atoms with E-state index in [1.165, 1.54) is 73.8 Å². The van der Waals surface area contributed by atoms with Gasteiger partial charge in [0.15, 0.2) is 11.5 Å². The van der Waals surface area contributed by atoms with Crippen LogP contribution in [0, 0.1) is 10.1 Å². The minimum absolute atomic E-state index is 0.0629. The molecule has 13 nitrogen and oxygen atoms in total. The van der Waals surface area contributed by atoms with Crippen molar-refractivity contribution >= 4 is 46.0 Å². The predicted molar refractivity (Wildman–Crippen MR) is 208 cm³/mol. The summed E-state index contributed by atoms with van der Waals surface area (Å²) in [4.78, 5) is 49.0. The lowest BCUT2D eigenvalue weighted by Gasteiger charge is -2.39. The number of amides is 2. The minimum Gasteiger partial charge on any atom is -0.456 e. The number of nitrogens with one attached hydrogen (secondary N) is 1. The van der Waals surface area contributed by atoms with Crippen molar-refractivity contribution in [1.82, 2.24) is 10.2 Å². The highest BCUT2D eigenvalue weighted by Crippen LogP contribution is 2.48. The Morgan fingerprint density at radius 3 is 2.43 bits per heavy atom. The summed E-state index contributed by atoms with van der Waals surface area (Å²) in [6, 6.07) is 11.2. The summed E-state index contributed by atoms with van der Waals surface area (Å²) < 4.78 is 28.4. The third kappa shape index (κ3) is 11.3. The Balaban J connectivity index is 0.000000258. The maximum atomic E-state index is 12.9. The van der Waals surface area contributed by atoms with E-state index >= 15 is 0 Å². The number of esters is 1. The van der Waals surface area contributed by atoms with E-state index in [9.17, 15) is 33.8 Å². The molecule has 2 N–H and O–H groups in total. The van der Waals surface area contributed by atoms with E-state index < -0.39 is 27.7 Å². The molecule has 2 aromatic rings. The lowest BCUT2D eigenvalue weighted by Crippen LogP contribution is -2.53. The average Bonchev–Trinajstić information content (AvgIpc) is 3.74. The van der Waals surface area contributed by atoms with Crippen molar-refractivity contribution in [3.63, 3.8) is 0 Å². The van der Waals surface area contributed by atoms with Gasteiger partial charge in [0.2, 0.25) is 12.7 Å². The van der Waals surface area contributed by atoms with E-state index in [1.807, 2.05) is 18.2 Å². The van der Waals surface area contributed by atoms with Gasteiger partial charge >= 0.3 is 5.97 Å². The fraction of sp³-hybridized carbons (Fsp3) is 0.462. The van der Waals surface area contributed by atoms with Crippen molar-refractivity contribution in [3.8, 4) is 11.5 Å². The van der Waals surface area contributed by atoms with Crippen molar-refractivity contribution in [2.75, 3.05) is 19.2 Å². The second-order valence-electron chi connectivity index (χ2n) is 13.3. The zero-order valence-electron chi connectivity index (χ0n) is 31.2. The van der Waals surface area contributed by atoms with E-state index in [4.69, 9.17) is 14.2 Å². The van der Waals surface area contributed by atoms with Crippen LogP contribution < -0.4 is 14.8 Å². The number of carbonyl (C=O) groups excluding carboxylic acids is 3. The number of aliphatic hydroxyl groups excluding tert-OH is 1. The number of rotatable bonds is 18. The van der Waals surface area contributed by atoms with Gasteiger partial charge in [-0.3, -0.25) is 28.8 Å². The molecule has 2 amide bonds. The second kappa shape index (κ2) is 20.3. The van der Waals surface area contributed by atoms with Crippen molar-refractivity contribution in [1.29, 1.82) is 0 Å². The fourth-order valence-corrected chi connectivity index (χ4v) is 8.49. The van der Waals surface area contributed by atoms with Gasteiger partial charge in [-0.1, -0.05) is 70.4 Å². The quantitative estimate of drug-likeness (QED) is 0.0418. The van der Waals surface area contributed by atoms with Gasteiger partial charge in [0, 0.05) is 57.8 Å². The molecule has 1 saturated heterocycles. The van der Waals surface area contributed by atoms with Crippen LogP contribution in [0.2, 0.25) is 0 Å². The van der Waals surface area contributed by atoms with Gasteiger partial charge in [-0.25, -0.2) is 4.79 Å². The van der Waals surface area contributed by atoms with Gasteiger partial charge in [0.05, 0.1) is 22.6 Å². The molecule has 0 radical (unpaired) electrons. The topological polar surface area (TPSA) is 175 Å². The second-order valence-corrected chi connectivity index (χ2v) is 16.4. The molecule has 2 aromatic carbocycles. The molecule has 5 rings (SSSR count). The van der Waals surface area contributed by atoms with Crippen LogP contribution in [-0.4, -0.2) is 67.4 Å². The molecule has 54 heavy (non-hydrogen) atoms. The van der Waals surface area contributed by atoms with Gasteiger partial charge in [0.25, 0.3) is 11.6 Å². The number of aliphatic hydroxyl groups is 1. The number of nitrogens with zero attached hydrogens (tertiary/aromatic N) is 2. The molecule has 15 heteroatoms. The van der Waals surface area contributed by atoms with Crippen molar-refractivity contribution in [2.24, 2.45) is 0 Å². The summed E-state index contributed by atoms with van der Waals surface area (Å²) in [6.45, 7) is 10.9. The number of hydrogen-bond donors (Lipinski definition) is 2. The summed E-state index contributed by atoms with van der Waals surface area (Å²) in [5, 5.41) is 23.2. The molecule has 3 aliphatic heterocycles. The Hall–Kier alpha value is -4.47. The summed E-state index contributed by atoms with van der Waals surface area (Å²) in [6.07, 6.45) is 8.65. The molecule has 0 saturated carbocycles. The average molecular weight is 784 g/mol. The van der Waals surface area contributed by atoms with Crippen LogP contribution >= 0.6 is 11.8 Å². The highest BCUT2D eigenvalue weighted by molar-refractivity contribution is 8.06. The van der Waals surface area contributed by atoms with E-state index in [0.717, 1.165) is 41.9 Å². The van der Waals surface area contributed by atoms with Crippen LogP contribution in [0.3, 0.4) is 0 Å². The molecular formula is C39H49N3O10S2. The molecule has 0 spiro atoms. The van der Waals surface area contributed by atoms with E-state index in [2.05, 4.69) is 25.7 Å². The smallest absolute Gasteiger partial charge is 0.356 e. The Bertz CT molecular complexity index is 1810. The summed E-state index contributed by atoms with van der Waals surface area (Å²) in [5.74, 6) is 1.01. The summed E-state index contributed by atoms with van der Waals surface area (Å²) in [7, 11) is -0.743. The predicted octanol–water partition coefficient (Wildman–Crippen LogP) is 6.57. The first kappa shape index (κ1) is 42.3. The monoisotopic (exact) mass is 783 g/mol. The van der Waals surface area contributed by atoms with Crippen LogP contribution in [0.4, 0.5) is 5.69 Å². The maximum absolute atomic E-state index is 12.9. The molecule has 1 fully saturated rings. The number of carbonyl (C=O) groups is 3. The Kier molecular flexibility index (Phi) is 15.9. The molecule has 3 aliphatic rings. The Morgan fingerprint density at radius 1 is 1.09 bits per heavy atom. The number of non-ortho nitro benzene ring substituents is 1. The highest BCUT2D eigenvalue weighted by Gasteiger charge is 2.52. The van der Waals surface area contributed by atoms with Gasteiger partial charge in [-0.15, -0.1) is 0 Å². The first-order chi connectivity index (χ1) is 25.8. The van der Waals surface area contributed by atoms with Crippen LogP contribution in [-0.2, 0) is 42.9 Å².